The van der Waals surface area contributed by atoms with Crippen LogP contribution >= 0.6 is 0 Å². The number of carbonyl (C=O) groups excluding carboxylic acids is 1. The van der Waals surface area contributed by atoms with E-state index < -0.39 is 16.1 Å². The summed E-state index contributed by atoms with van der Waals surface area (Å²) < 4.78 is 21.8. The predicted octanol–water partition coefficient (Wildman–Crippen LogP) is -0.783. The molecule has 5 nitrogen and oxygen atoms in total. The molecule has 0 atom stereocenters. The van der Waals surface area contributed by atoms with Crippen LogP contribution in [0, 0.1) is 0 Å². The van der Waals surface area contributed by atoms with Crippen LogP contribution in [0.5, 0.6) is 0 Å². The molecular formula is C4H10N2O3S. The molecule has 60 valence electrons. The molecule has 0 saturated heterocycles. The van der Waals surface area contributed by atoms with Crippen LogP contribution in [0.25, 0.3) is 0 Å². The molecular weight excluding hydrogens is 156 g/mol. The van der Waals surface area contributed by atoms with Gasteiger partial charge in [-0.15, -0.1) is 0 Å². The zero-order valence-electron chi connectivity index (χ0n) is 6.08. The minimum absolute atomic E-state index is 0.632. The zero-order chi connectivity index (χ0) is 8.36. The van der Waals surface area contributed by atoms with E-state index in [0.717, 1.165) is 6.26 Å². The average Bonchev–Trinajstić information content (AvgIpc) is 1.83. The van der Waals surface area contributed by atoms with Gasteiger partial charge >= 0.3 is 6.03 Å². The average molecular weight is 166 g/mol. The molecule has 0 saturated carbocycles. The summed E-state index contributed by atoms with van der Waals surface area (Å²) in [7, 11) is -0.839. The fraction of sp³-hybridized carbons (Fsp3) is 0.750. The van der Waals surface area contributed by atoms with Crippen molar-refractivity contribution in [2.45, 2.75) is 0 Å². The standard InChI is InChI=1S/C4H10N2O3S/c1-5-4(7)6(2)10(3,8)9/h1-3H3,(H,5,7). The topological polar surface area (TPSA) is 66.5 Å². The maximum absolute atomic E-state index is 10.6. The van der Waals surface area contributed by atoms with Gasteiger partial charge in [0.15, 0.2) is 0 Å². The van der Waals surface area contributed by atoms with Crippen LogP contribution < -0.4 is 5.32 Å². The summed E-state index contributed by atoms with van der Waals surface area (Å²) in [5, 5.41) is 2.18. The maximum Gasteiger partial charge on any atom is 0.330 e. The lowest BCUT2D eigenvalue weighted by Crippen LogP contribution is -2.38. The Hall–Kier alpha value is -0.780. The molecule has 0 aliphatic rings. The van der Waals surface area contributed by atoms with Crippen molar-refractivity contribution in [3.05, 3.63) is 0 Å². The quantitative estimate of drug-likeness (QED) is 0.555. The van der Waals surface area contributed by atoms with Crippen LogP contribution in [0.4, 0.5) is 4.79 Å². The third kappa shape index (κ3) is 2.22. The summed E-state index contributed by atoms with van der Waals surface area (Å²) >= 11 is 0. The van der Waals surface area contributed by atoms with Crippen molar-refractivity contribution in [1.82, 2.24) is 9.62 Å². The Kier molecular flexibility index (Phi) is 2.65. The van der Waals surface area contributed by atoms with Crippen LogP contribution in [-0.2, 0) is 10.0 Å². The first-order valence-corrected chi connectivity index (χ1v) is 4.40. The molecule has 6 heteroatoms. The number of hydrogen-bond acceptors (Lipinski definition) is 3. The van der Waals surface area contributed by atoms with Gasteiger partial charge in [0.05, 0.1) is 6.26 Å². The van der Waals surface area contributed by atoms with Gasteiger partial charge in [0, 0.05) is 14.1 Å². The molecule has 0 aromatic rings. The lowest BCUT2D eigenvalue weighted by Gasteiger charge is -2.12. The molecule has 0 aromatic heterocycles. The maximum atomic E-state index is 10.6. The summed E-state index contributed by atoms with van der Waals surface area (Å²) in [6.45, 7) is 0. The lowest BCUT2D eigenvalue weighted by atomic mass is 11.0. The second-order valence-corrected chi connectivity index (χ2v) is 3.80. The molecule has 2 amide bonds. The Morgan fingerprint density at radius 3 is 2.00 bits per heavy atom. The molecule has 0 aromatic carbocycles. The van der Waals surface area contributed by atoms with Gasteiger partial charge in [-0.05, 0) is 0 Å². The molecule has 0 aliphatic carbocycles. The van der Waals surface area contributed by atoms with Gasteiger partial charge < -0.3 is 5.32 Å². The normalized spacial score (nSPS) is 10.7. The van der Waals surface area contributed by atoms with Crippen LogP contribution in [0.15, 0.2) is 0 Å². The Morgan fingerprint density at radius 1 is 1.50 bits per heavy atom. The number of sulfonamides is 1. The number of nitrogens with zero attached hydrogens (tertiary/aromatic N) is 1. The second kappa shape index (κ2) is 2.87. The van der Waals surface area contributed by atoms with E-state index in [1.807, 2.05) is 0 Å². The van der Waals surface area contributed by atoms with Crippen molar-refractivity contribution in [2.24, 2.45) is 0 Å². The largest absolute Gasteiger partial charge is 0.340 e. The van der Waals surface area contributed by atoms with Gasteiger partial charge in [-0.1, -0.05) is 0 Å². The Bertz CT molecular complexity index is 221. The van der Waals surface area contributed by atoms with E-state index in [-0.39, 0.29) is 0 Å². The fourth-order valence-electron chi connectivity index (χ4n) is 0.308. The zero-order valence-corrected chi connectivity index (χ0v) is 6.90. The van der Waals surface area contributed by atoms with E-state index in [9.17, 15) is 13.2 Å². The number of hydrogen-bond donors (Lipinski definition) is 1. The summed E-state index contributed by atoms with van der Waals surface area (Å²) in [5.74, 6) is 0. The van der Waals surface area contributed by atoms with Crippen molar-refractivity contribution in [3.8, 4) is 0 Å². The molecule has 0 fully saturated rings. The number of amides is 2. The minimum atomic E-state index is -3.39. The van der Waals surface area contributed by atoms with E-state index in [4.69, 9.17) is 0 Å². The molecule has 0 unspecified atom stereocenters. The van der Waals surface area contributed by atoms with Crippen LogP contribution in [0.3, 0.4) is 0 Å². The first-order valence-electron chi connectivity index (χ1n) is 2.55. The number of urea groups is 1. The van der Waals surface area contributed by atoms with Gasteiger partial charge in [-0.25, -0.2) is 17.5 Å². The smallest absolute Gasteiger partial charge is 0.330 e. The first kappa shape index (κ1) is 9.22. The SMILES string of the molecule is CNC(=O)N(C)S(C)(=O)=O. The number of rotatable bonds is 1. The second-order valence-electron chi connectivity index (χ2n) is 1.79. The fourth-order valence-corrected chi connectivity index (χ4v) is 0.701. The van der Waals surface area contributed by atoms with Gasteiger partial charge in [0.2, 0.25) is 10.0 Å². The first-order chi connectivity index (χ1) is 4.39. The van der Waals surface area contributed by atoms with Crippen molar-refractivity contribution >= 4 is 16.1 Å². The van der Waals surface area contributed by atoms with Crippen LogP contribution in [0.2, 0.25) is 0 Å². The Balaban J connectivity index is 4.39. The molecule has 0 radical (unpaired) electrons. The van der Waals surface area contributed by atoms with Crippen molar-refractivity contribution in [1.29, 1.82) is 0 Å². The van der Waals surface area contributed by atoms with Gasteiger partial charge in [0.25, 0.3) is 0 Å². The third-order valence-electron chi connectivity index (χ3n) is 0.997. The summed E-state index contributed by atoms with van der Waals surface area (Å²) in [6.07, 6.45) is 0.961. The van der Waals surface area contributed by atoms with Gasteiger partial charge in [-0.3, -0.25) is 0 Å². The van der Waals surface area contributed by atoms with E-state index in [2.05, 4.69) is 5.32 Å². The molecule has 1 N–H and O–H groups in total. The van der Waals surface area contributed by atoms with Gasteiger partial charge in [0.1, 0.15) is 0 Å². The van der Waals surface area contributed by atoms with Crippen molar-refractivity contribution < 1.29 is 13.2 Å². The van der Waals surface area contributed by atoms with Crippen molar-refractivity contribution in [3.63, 3.8) is 0 Å². The number of nitrogens with one attached hydrogen (secondary N) is 1. The van der Waals surface area contributed by atoms with Crippen LogP contribution in [-0.4, -0.2) is 39.1 Å². The molecule has 0 rings (SSSR count). The third-order valence-corrected chi connectivity index (χ3v) is 2.16. The van der Waals surface area contributed by atoms with Crippen molar-refractivity contribution in [2.75, 3.05) is 20.4 Å². The Labute approximate surface area is 60.1 Å². The Morgan fingerprint density at radius 2 is 1.90 bits per heavy atom. The van der Waals surface area contributed by atoms with E-state index in [0.29, 0.717) is 4.31 Å². The summed E-state index contributed by atoms with van der Waals surface area (Å²) in [4.78, 5) is 10.6. The van der Waals surface area contributed by atoms with Gasteiger partial charge in [-0.2, -0.15) is 0 Å². The highest BCUT2D eigenvalue weighted by molar-refractivity contribution is 7.88. The molecule has 0 spiro atoms. The highest BCUT2D eigenvalue weighted by atomic mass is 32.2. The molecule has 0 aliphatic heterocycles. The monoisotopic (exact) mass is 166 g/mol. The summed E-state index contributed by atoms with van der Waals surface area (Å²) in [6, 6.07) is -0.637. The summed E-state index contributed by atoms with van der Waals surface area (Å²) in [5.41, 5.74) is 0. The predicted molar refractivity (Wildman–Crippen MR) is 37.1 cm³/mol. The van der Waals surface area contributed by atoms with E-state index in [1.165, 1.54) is 14.1 Å². The van der Waals surface area contributed by atoms with Crippen LogP contribution in [0.1, 0.15) is 0 Å². The number of carbonyl (C=O) groups is 1. The molecule has 0 heterocycles. The van der Waals surface area contributed by atoms with E-state index >= 15 is 0 Å². The highest BCUT2D eigenvalue weighted by Crippen LogP contribution is 1.91. The molecule has 10 heavy (non-hydrogen) atoms. The lowest BCUT2D eigenvalue weighted by molar-refractivity contribution is 0.230. The highest BCUT2D eigenvalue weighted by Gasteiger charge is 2.15. The molecule has 0 bridgehead atoms. The van der Waals surface area contributed by atoms with E-state index in [1.54, 1.807) is 0 Å². The minimum Gasteiger partial charge on any atom is -0.340 e.